The summed E-state index contributed by atoms with van der Waals surface area (Å²) in [6.07, 6.45) is 5.96. The molecule has 1 aromatic carbocycles. The lowest BCUT2D eigenvalue weighted by Crippen LogP contribution is -2.37. The van der Waals surface area contributed by atoms with Crippen LogP contribution in [-0.2, 0) is 11.3 Å². The Morgan fingerprint density at radius 1 is 1.23 bits per heavy atom. The molecule has 0 saturated carbocycles. The van der Waals surface area contributed by atoms with Crippen LogP contribution in [0, 0.1) is 0 Å². The standard InChI is InChI=1S/C24H29Cl2N3O2/c1-4-23(28(2)15-22-13-18(5-8-27-22)24(30)31-3)16-29-9-6-17(7-10-29)19-11-20(25)14-21(26)12-19/h4-5,8,11-14,17H,6-7,9-10,15-16H2,1-3H3/b23-4-. The predicted molar refractivity (Wildman–Crippen MR) is 126 cm³/mol. The number of hydrogen-bond donors (Lipinski definition) is 0. The minimum absolute atomic E-state index is 0.346. The van der Waals surface area contributed by atoms with Crippen LogP contribution >= 0.6 is 23.2 Å². The van der Waals surface area contributed by atoms with Crippen LogP contribution in [0.25, 0.3) is 0 Å². The highest BCUT2D eigenvalue weighted by atomic mass is 35.5. The number of carbonyl (C=O) groups is 1. The number of methoxy groups -OCH3 is 1. The van der Waals surface area contributed by atoms with Gasteiger partial charge < -0.3 is 9.64 Å². The van der Waals surface area contributed by atoms with E-state index in [9.17, 15) is 4.79 Å². The van der Waals surface area contributed by atoms with Gasteiger partial charge in [0.1, 0.15) is 0 Å². The van der Waals surface area contributed by atoms with Crippen molar-refractivity contribution in [3.05, 3.63) is 75.2 Å². The number of rotatable bonds is 7. The number of likely N-dealkylation sites (tertiary alicyclic amines) is 1. The van der Waals surface area contributed by atoms with Crippen molar-refractivity contribution in [1.82, 2.24) is 14.8 Å². The first-order valence-electron chi connectivity index (χ1n) is 10.5. The van der Waals surface area contributed by atoms with Crippen molar-refractivity contribution in [3.8, 4) is 0 Å². The molecule has 0 spiro atoms. The third kappa shape index (κ3) is 6.45. The Labute approximate surface area is 194 Å². The van der Waals surface area contributed by atoms with E-state index in [1.54, 1.807) is 24.4 Å². The molecule has 2 heterocycles. The maximum atomic E-state index is 11.8. The molecule has 0 atom stereocenters. The Kier molecular flexibility index (Phi) is 8.35. The number of halogens is 2. The molecule has 0 unspecified atom stereocenters. The summed E-state index contributed by atoms with van der Waals surface area (Å²) in [5, 5.41) is 1.40. The van der Waals surface area contributed by atoms with Gasteiger partial charge in [0.05, 0.1) is 24.9 Å². The highest BCUT2D eigenvalue weighted by Gasteiger charge is 2.22. The number of aromatic nitrogens is 1. The lowest BCUT2D eigenvalue weighted by Gasteiger charge is -2.34. The first kappa shape index (κ1) is 23.6. The highest BCUT2D eigenvalue weighted by Crippen LogP contribution is 2.32. The number of carbonyl (C=O) groups excluding carboxylic acids is 1. The molecule has 1 aliphatic heterocycles. The first-order chi connectivity index (χ1) is 14.9. The molecule has 0 N–H and O–H groups in total. The minimum Gasteiger partial charge on any atom is -0.465 e. The van der Waals surface area contributed by atoms with Gasteiger partial charge in [0, 0.05) is 35.5 Å². The van der Waals surface area contributed by atoms with E-state index < -0.39 is 0 Å². The molecule has 0 bridgehead atoms. The molecule has 1 aromatic heterocycles. The number of likely N-dealkylation sites (N-methyl/N-ethyl adjacent to an activating group) is 1. The topological polar surface area (TPSA) is 45.7 Å². The van der Waals surface area contributed by atoms with Gasteiger partial charge in [0.25, 0.3) is 0 Å². The van der Waals surface area contributed by atoms with Gasteiger partial charge in [-0.1, -0.05) is 29.3 Å². The largest absolute Gasteiger partial charge is 0.465 e. The molecule has 166 valence electrons. The van der Waals surface area contributed by atoms with Crippen LogP contribution in [0.2, 0.25) is 10.0 Å². The van der Waals surface area contributed by atoms with Gasteiger partial charge >= 0.3 is 5.97 Å². The quantitative estimate of drug-likeness (QED) is 0.517. The van der Waals surface area contributed by atoms with E-state index >= 15 is 0 Å². The second-order valence-electron chi connectivity index (χ2n) is 7.92. The third-order valence-electron chi connectivity index (χ3n) is 5.79. The molecule has 5 nitrogen and oxygen atoms in total. The second kappa shape index (κ2) is 11.0. The molecule has 3 rings (SSSR count). The Balaban J connectivity index is 1.56. The first-order valence-corrected chi connectivity index (χ1v) is 11.2. The lowest BCUT2D eigenvalue weighted by molar-refractivity contribution is 0.0600. The van der Waals surface area contributed by atoms with E-state index in [-0.39, 0.29) is 5.97 Å². The number of piperidine rings is 1. The van der Waals surface area contributed by atoms with E-state index in [0.29, 0.717) is 28.1 Å². The zero-order valence-electron chi connectivity index (χ0n) is 18.3. The van der Waals surface area contributed by atoms with Crippen LogP contribution in [0.5, 0.6) is 0 Å². The average Bonchev–Trinajstić information content (AvgIpc) is 2.76. The number of benzene rings is 1. The summed E-state index contributed by atoms with van der Waals surface area (Å²) in [5.74, 6) is 0.144. The van der Waals surface area contributed by atoms with Crippen molar-refractivity contribution < 1.29 is 9.53 Å². The normalized spacial score (nSPS) is 15.7. The molecule has 0 amide bonds. The van der Waals surface area contributed by atoms with Gasteiger partial charge in [-0.25, -0.2) is 4.79 Å². The molecule has 0 radical (unpaired) electrons. The monoisotopic (exact) mass is 461 g/mol. The summed E-state index contributed by atoms with van der Waals surface area (Å²) in [6.45, 7) is 5.62. The van der Waals surface area contributed by atoms with Crippen LogP contribution in [-0.4, -0.2) is 54.5 Å². The molecular formula is C24H29Cl2N3O2. The van der Waals surface area contributed by atoms with Crippen molar-refractivity contribution in [3.63, 3.8) is 0 Å². The fraction of sp³-hybridized carbons (Fsp3) is 0.417. The summed E-state index contributed by atoms with van der Waals surface area (Å²) < 4.78 is 4.81. The number of pyridine rings is 1. The van der Waals surface area contributed by atoms with Crippen LogP contribution < -0.4 is 0 Å². The Morgan fingerprint density at radius 3 is 2.52 bits per heavy atom. The zero-order valence-corrected chi connectivity index (χ0v) is 19.8. The maximum absolute atomic E-state index is 11.8. The van der Waals surface area contributed by atoms with Gasteiger partial charge in [0.15, 0.2) is 0 Å². The van der Waals surface area contributed by atoms with Crippen LogP contribution in [0.4, 0.5) is 0 Å². The van der Waals surface area contributed by atoms with Crippen LogP contribution in [0.1, 0.15) is 47.3 Å². The summed E-state index contributed by atoms with van der Waals surface area (Å²) in [4.78, 5) is 20.8. The van der Waals surface area contributed by atoms with Gasteiger partial charge in [0.2, 0.25) is 0 Å². The van der Waals surface area contributed by atoms with E-state index in [0.717, 1.165) is 38.2 Å². The second-order valence-corrected chi connectivity index (χ2v) is 8.79. The number of hydrogen-bond acceptors (Lipinski definition) is 5. The van der Waals surface area contributed by atoms with E-state index in [2.05, 4.69) is 34.8 Å². The number of nitrogens with zero attached hydrogens (tertiary/aromatic N) is 3. The van der Waals surface area contributed by atoms with Gasteiger partial charge in [-0.15, -0.1) is 0 Å². The zero-order chi connectivity index (χ0) is 22.4. The van der Waals surface area contributed by atoms with Gasteiger partial charge in [-0.2, -0.15) is 0 Å². The van der Waals surface area contributed by atoms with Gasteiger partial charge in [-0.3, -0.25) is 9.88 Å². The van der Waals surface area contributed by atoms with Crippen molar-refractivity contribution >= 4 is 29.2 Å². The van der Waals surface area contributed by atoms with Crippen molar-refractivity contribution in [1.29, 1.82) is 0 Å². The summed E-state index contributed by atoms with van der Waals surface area (Å²) >= 11 is 12.4. The fourth-order valence-corrected chi connectivity index (χ4v) is 4.59. The smallest absolute Gasteiger partial charge is 0.337 e. The summed E-state index contributed by atoms with van der Waals surface area (Å²) in [6, 6.07) is 9.31. The van der Waals surface area contributed by atoms with Crippen molar-refractivity contribution in [2.24, 2.45) is 0 Å². The van der Waals surface area contributed by atoms with E-state index in [4.69, 9.17) is 27.9 Å². The molecular weight excluding hydrogens is 433 g/mol. The van der Waals surface area contributed by atoms with Crippen molar-refractivity contribution in [2.75, 3.05) is 33.8 Å². The lowest BCUT2D eigenvalue weighted by atomic mass is 9.89. The maximum Gasteiger partial charge on any atom is 0.337 e. The Bertz CT molecular complexity index is 920. The van der Waals surface area contributed by atoms with Crippen LogP contribution in [0.15, 0.2) is 48.3 Å². The van der Waals surface area contributed by atoms with E-state index in [1.165, 1.54) is 18.4 Å². The summed E-state index contributed by atoms with van der Waals surface area (Å²) in [5.41, 5.74) is 3.82. The predicted octanol–water partition coefficient (Wildman–Crippen LogP) is 5.39. The number of allylic oxidation sites excluding steroid dienone is 1. The Morgan fingerprint density at radius 2 is 1.90 bits per heavy atom. The number of esters is 1. The average molecular weight is 462 g/mol. The molecule has 2 aromatic rings. The van der Waals surface area contributed by atoms with Gasteiger partial charge in [-0.05, 0) is 74.7 Å². The minimum atomic E-state index is -0.346. The number of ether oxygens (including phenoxy) is 1. The molecule has 1 aliphatic rings. The SMILES string of the molecule is C/C=C(/CN1CCC(c2cc(Cl)cc(Cl)c2)CC1)N(C)Cc1cc(C(=O)OC)ccn1. The molecule has 1 saturated heterocycles. The Hall–Kier alpha value is -2.08. The molecule has 0 aliphatic carbocycles. The molecule has 7 heteroatoms. The molecule has 31 heavy (non-hydrogen) atoms. The van der Waals surface area contributed by atoms with E-state index in [1.807, 2.05) is 12.1 Å². The molecule has 1 fully saturated rings. The van der Waals surface area contributed by atoms with Crippen molar-refractivity contribution in [2.45, 2.75) is 32.2 Å². The highest BCUT2D eigenvalue weighted by molar-refractivity contribution is 6.34. The fourth-order valence-electron chi connectivity index (χ4n) is 4.05. The third-order valence-corrected chi connectivity index (χ3v) is 6.23. The summed E-state index contributed by atoms with van der Waals surface area (Å²) in [7, 11) is 3.44. The van der Waals surface area contributed by atoms with Crippen LogP contribution in [0.3, 0.4) is 0 Å².